The van der Waals surface area contributed by atoms with Crippen LogP contribution in [0.2, 0.25) is 5.02 Å². The molecule has 4 heteroatoms. The van der Waals surface area contributed by atoms with Gasteiger partial charge in [0.15, 0.2) is 0 Å². The maximum absolute atomic E-state index is 12.9. The van der Waals surface area contributed by atoms with E-state index in [1.54, 1.807) is 6.07 Å². The molecule has 0 heterocycles. The van der Waals surface area contributed by atoms with Gasteiger partial charge in [-0.2, -0.15) is 0 Å². The lowest BCUT2D eigenvalue weighted by Gasteiger charge is -2.19. The van der Waals surface area contributed by atoms with E-state index in [-0.39, 0.29) is 11.9 Å². The summed E-state index contributed by atoms with van der Waals surface area (Å²) >= 11 is 5.92. The molecule has 1 aliphatic rings. The Bertz CT molecular complexity index is 382. The van der Waals surface area contributed by atoms with Crippen molar-refractivity contribution in [3.8, 4) is 5.75 Å². The Labute approximate surface area is 106 Å². The first-order valence-electron chi connectivity index (χ1n) is 6.04. The average Bonchev–Trinajstić information content (AvgIpc) is 3.11. The first kappa shape index (κ1) is 12.7. The minimum absolute atomic E-state index is 0.0820. The molecule has 1 aromatic rings. The molecular weight excluding hydrogens is 241 g/mol. The van der Waals surface area contributed by atoms with Crippen LogP contribution in [0.15, 0.2) is 18.2 Å². The predicted octanol–water partition coefficient (Wildman–Crippen LogP) is 3.39. The number of halogens is 2. The largest absolute Gasteiger partial charge is 0.488 e. The summed E-state index contributed by atoms with van der Waals surface area (Å²) in [6, 6.07) is 4.88. The highest BCUT2D eigenvalue weighted by Crippen LogP contribution is 2.26. The van der Waals surface area contributed by atoms with E-state index in [1.165, 1.54) is 25.0 Å². The molecule has 0 aliphatic heterocycles. The maximum atomic E-state index is 12.9. The van der Waals surface area contributed by atoms with E-state index in [2.05, 4.69) is 12.2 Å². The van der Waals surface area contributed by atoms with Crippen molar-refractivity contribution in [3.63, 3.8) is 0 Å². The molecule has 1 aromatic carbocycles. The summed E-state index contributed by atoms with van der Waals surface area (Å²) in [6.07, 6.45) is 3.49. The van der Waals surface area contributed by atoms with Crippen molar-refractivity contribution >= 4 is 11.6 Å². The molecule has 1 saturated carbocycles. The van der Waals surface area contributed by atoms with Crippen LogP contribution in [0.25, 0.3) is 0 Å². The maximum Gasteiger partial charge on any atom is 0.138 e. The van der Waals surface area contributed by atoms with Crippen molar-refractivity contribution < 1.29 is 9.13 Å². The van der Waals surface area contributed by atoms with Gasteiger partial charge in [-0.05, 0) is 37.5 Å². The number of rotatable bonds is 6. The van der Waals surface area contributed by atoms with E-state index in [0.29, 0.717) is 16.8 Å². The molecule has 17 heavy (non-hydrogen) atoms. The van der Waals surface area contributed by atoms with E-state index in [9.17, 15) is 4.39 Å². The fourth-order valence-electron chi connectivity index (χ4n) is 1.61. The fraction of sp³-hybridized carbons (Fsp3) is 0.538. The molecule has 0 radical (unpaired) electrons. The summed E-state index contributed by atoms with van der Waals surface area (Å²) in [5, 5.41) is 3.75. The van der Waals surface area contributed by atoms with E-state index in [0.717, 1.165) is 13.0 Å². The van der Waals surface area contributed by atoms with Crippen LogP contribution in [0.1, 0.15) is 26.2 Å². The SMILES string of the molecule is CCC(CNC1CC1)Oc1ccc(F)cc1Cl. The van der Waals surface area contributed by atoms with Gasteiger partial charge in [0, 0.05) is 12.6 Å². The molecular formula is C13H17ClFNO. The smallest absolute Gasteiger partial charge is 0.138 e. The number of hydrogen-bond donors (Lipinski definition) is 1. The van der Waals surface area contributed by atoms with Crippen molar-refractivity contribution in [1.29, 1.82) is 0 Å². The highest BCUT2D eigenvalue weighted by atomic mass is 35.5. The Morgan fingerprint density at radius 2 is 2.29 bits per heavy atom. The van der Waals surface area contributed by atoms with Gasteiger partial charge >= 0.3 is 0 Å². The lowest BCUT2D eigenvalue weighted by atomic mass is 10.2. The molecule has 0 amide bonds. The van der Waals surface area contributed by atoms with Gasteiger partial charge in [-0.15, -0.1) is 0 Å². The standard InChI is InChI=1S/C13H17ClFNO/c1-2-11(8-16-10-4-5-10)17-13-6-3-9(15)7-12(13)14/h3,6-7,10-11,16H,2,4-5,8H2,1H3. The molecule has 1 N–H and O–H groups in total. The lowest BCUT2D eigenvalue weighted by Crippen LogP contribution is -2.32. The summed E-state index contributed by atoms with van der Waals surface area (Å²) in [7, 11) is 0. The Balaban J connectivity index is 1.91. The van der Waals surface area contributed by atoms with Crippen molar-refractivity contribution in [1.82, 2.24) is 5.32 Å². The summed E-state index contributed by atoms with van der Waals surface area (Å²) in [5.41, 5.74) is 0. The third-order valence-corrected chi connectivity index (χ3v) is 3.15. The van der Waals surface area contributed by atoms with E-state index in [1.807, 2.05) is 0 Å². The van der Waals surface area contributed by atoms with Crippen LogP contribution < -0.4 is 10.1 Å². The summed E-state index contributed by atoms with van der Waals surface area (Å²) in [5.74, 6) is 0.212. The van der Waals surface area contributed by atoms with Gasteiger partial charge < -0.3 is 10.1 Å². The number of benzene rings is 1. The van der Waals surface area contributed by atoms with E-state index < -0.39 is 0 Å². The normalized spacial score (nSPS) is 16.9. The second-order valence-corrected chi connectivity index (χ2v) is 4.81. The minimum Gasteiger partial charge on any atom is -0.488 e. The van der Waals surface area contributed by atoms with Crippen LogP contribution >= 0.6 is 11.6 Å². The van der Waals surface area contributed by atoms with Gasteiger partial charge in [-0.1, -0.05) is 18.5 Å². The Kier molecular flexibility index (Phi) is 4.24. The first-order valence-corrected chi connectivity index (χ1v) is 6.42. The molecule has 0 bridgehead atoms. The molecule has 1 fully saturated rings. The van der Waals surface area contributed by atoms with Crippen molar-refractivity contribution in [3.05, 3.63) is 29.0 Å². The summed E-state index contributed by atoms with van der Waals surface area (Å²) in [6.45, 7) is 2.88. The summed E-state index contributed by atoms with van der Waals surface area (Å²) in [4.78, 5) is 0. The second kappa shape index (κ2) is 5.69. The van der Waals surface area contributed by atoms with E-state index in [4.69, 9.17) is 16.3 Å². The predicted molar refractivity (Wildman–Crippen MR) is 67.1 cm³/mol. The van der Waals surface area contributed by atoms with Crippen LogP contribution in [0.4, 0.5) is 4.39 Å². The van der Waals surface area contributed by atoms with E-state index >= 15 is 0 Å². The molecule has 0 saturated heterocycles. The molecule has 1 unspecified atom stereocenters. The zero-order valence-electron chi connectivity index (χ0n) is 9.88. The number of nitrogens with one attached hydrogen (secondary N) is 1. The van der Waals surface area contributed by atoms with Gasteiger partial charge in [0.05, 0.1) is 5.02 Å². The van der Waals surface area contributed by atoms with Gasteiger partial charge in [0.25, 0.3) is 0 Å². The molecule has 0 spiro atoms. The molecule has 1 aliphatic carbocycles. The molecule has 2 rings (SSSR count). The fourth-order valence-corrected chi connectivity index (χ4v) is 1.82. The van der Waals surface area contributed by atoms with Crippen LogP contribution in [-0.2, 0) is 0 Å². The third kappa shape index (κ3) is 3.86. The Morgan fingerprint density at radius 3 is 2.88 bits per heavy atom. The van der Waals surface area contributed by atoms with Crippen LogP contribution in [0.5, 0.6) is 5.75 Å². The summed E-state index contributed by atoms with van der Waals surface area (Å²) < 4.78 is 18.6. The third-order valence-electron chi connectivity index (χ3n) is 2.85. The van der Waals surface area contributed by atoms with Gasteiger partial charge in [0.1, 0.15) is 17.7 Å². The molecule has 94 valence electrons. The van der Waals surface area contributed by atoms with Crippen LogP contribution in [-0.4, -0.2) is 18.7 Å². The Hall–Kier alpha value is -0.800. The number of hydrogen-bond acceptors (Lipinski definition) is 2. The van der Waals surface area contributed by atoms with Crippen molar-refractivity contribution in [2.24, 2.45) is 0 Å². The minimum atomic E-state index is -0.341. The number of ether oxygens (including phenoxy) is 1. The zero-order chi connectivity index (χ0) is 12.3. The molecule has 0 aromatic heterocycles. The first-order chi connectivity index (χ1) is 8.19. The van der Waals surface area contributed by atoms with Gasteiger partial charge in [-0.3, -0.25) is 0 Å². The van der Waals surface area contributed by atoms with Crippen molar-refractivity contribution in [2.75, 3.05) is 6.54 Å². The molecule has 1 atom stereocenters. The van der Waals surface area contributed by atoms with Crippen LogP contribution in [0, 0.1) is 5.82 Å². The van der Waals surface area contributed by atoms with Gasteiger partial charge in [0.2, 0.25) is 0 Å². The topological polar surface area (TPSA) is 21.3 Å². The Morgan fingerprint density at radius 1 is 1.53 bits per heavy atom. The highest BCUT2D eigenvalue weighted by molar-refractivity contribution is 6.32. The van der Waals surface area contributed by atoms with Crippen molar-refractivity contribution in [2.45, 2.75) is 38.3 Å². The van der Waals surface area contributed by atoms with Crippen LogP contribution in [0.3, 0.4) is 0 Å². The van der Waals surface area contributed by atoms with Gasteiger partial charge in [-0.25, -0.2) is 4.39 Å². The highest BCUT2D eigenvalue weighted by Gasteiger charge is 2.22. The quantitative estimate of drug-likeness (QED) is 0.844. The lowest BCUT2D eigenvalue weighted by molar-refractivity contribution is 0.193. The average molecular weight is 258 g/mol. The second-order valence-electron chi connectivity index (χ2n) is 4.41. The zero-order valence-corrected chi connectivity index (χ0v) is 10.6. The molecule has 2 nitrogen and oxygen atoms in total. The monoisotopic (exact) mass is 257 g/mol.